The van der Waals surface area contributed by atoms with Crippen molar-refractivity contribution in [2.75, 3.05) is 26.1 Å². The Kier molecular flexibility index (Phi) is 4.29. The van der Waals surface area contributed by atoms with Crippen LogP contribution in [0.4, 0.5) is 5.69 Å². The molecule has 0 saturated heterocycles. The summed E-state index contributed by atoms with van der Waals surface area (Å²) in [6.07, 6.45) is 2.61. The molecular weight excluding hydrogens is 282 g/mol. The van der Waals surface area contributed by atoms with Gasteiger partial charge in [-0.15, -0.1) is 0 Å². The first-order valence-corrected chi connectivity index (χ1v) is 6.63. The summed E-state index contributed by atoms with van der Waals surface area (Å²) in [7, 11) is 3.42. The molecule has 0 aliphatic heterocycles. The van der Waals surface area contributed by atoms with E-state index in [4.69, 9.17) is 9.47 Å². The fourth-order valence-electron chi connectivity index (χ4n) is 1.94. The zero-order valence-corrected chi connectivity index (χ0v) is 11.8. The van der Waals surface area contributed by atoms with Gasteiger partial charge < -0.3 is 14.8 Å². The Hall–Kier alpha value is -0.740. The molecule has 0 aromatic heterocycles. The molecule has 0 amide bonds. The van der Waals surface area contributed by atoms with Crippen molar-refractivity contribution < 1.29 is 9.47 Å². The number of anilines is 1. The Morgan fingerprint density at radius 2 is 2.18 bits per heavy atom. The topological polar surface area (TPSA) is 30.5 Å². The van der Waals surface area contributed by atoms with E-state index in [2.05, 4.69) is 21.2 Å². The summed E-state index contributed by atoms with van der Waals surface area (Å²) in [6, 6.07) is 6.46. The monoisotopic (exact) mass is 299 g/mol. The van der Waals surface area contributed by atoms with Crippen molar-refractivity contribution in [3.8, 4) is 5.75 Å². The molecule has 1 N–H and O–H groups in total. The molecule has 3 nitrogen and oxygen atoms in total. The van der Waals surface area contributed by atoms with Crippen LogP contribution in [0.2, 0.25) is 0 Å². The van der Waals surface area contributed by atoms with Crippen molar-refractivity contribution >= 4 is 21.6 Å². The van der Waals surface area contributed by atoms with Gasteiger partial charge in [0, 0.05) is 12.8 Å². The molecule has 1 aliphatic carbocycles. The van der Waals surface area contributed by atoms with Crippen molar-refractivity contribution in [1.82, 2.24) is 0 Å². The van der Waals surface area contributed by atoms with Crippen LogP contribution >= 0.6 is 15.9 Å². The Balaban J connectivity index is 2.03. The van der Waals surface area contributed by atoms with Gasteiger partial charge in [-0.3, -0.25) is 0 Å². The van der Waals surface area contributed by atoms with E-state index in [0.717, 1.165) is 28.4 Å². The summed E-state index contributed by atoms with van der Waals surface area (Å²) >= 11 is 3.49. The average Bonchev–Trinajstić information content (AvgIpc) is 3.12. The lowest BCUT2D eigenvalue weighted by Crippen LogP contribution is -2.27. The van der Waals surface area contributed by atoms with E-state index in [-0.39, 0.29) is 0 Å². The van der Waals surface area contributed by atoms with Crippen molar-refractivity contribution in [2.45, 2.75) is 18.9 Å². The van der Waals surface area contributed by atoms with Gasteiger partial charge in [0.25, 0.3) is 0 Å². The number of rotatable bonds is 6. The highest BCUT2D eigenvalue weighted by Crippen LogP contribution is 2.35. The highest BCUT2D eigenvalue weighted by Gasteiger charge is 2.31. The first kappa shape index (κ1) is 12.7. The van der Waals surface area contributed by atoms with Crippen molar-refractivity contribution in [1.29, 1.82) is 0 Å². The zero-order chi connectivity index (χ0) is 12.3. The molecule has 94 valence electrons. The fraction of sp³-hybridized carbons (Fsp3) is 0.538. The molecule has 1 aliphatic rings. The number of hydrogen-bond acceptors (Lipinski definition) is 3. The van der Waals surface area contributed by atoms with Crippen molar-refractivity contribution in [3.63, 3.8) is 0 Å². The second-order valence-corrected chi connectivity index (χ2v) is 5.25. The molecule has 0 spiro atoms. The summed E-state index contributed by atoms with van der Waals surface area (Å²) in [6.45, 7) is 0.758. The predicted molar refractivity (Wildman–Crippen MR) is 72.7 cm³/mol. The van der Waals surface area contributed by atoms with Gasteiger partial charge in [0.2, 0.25) is 0 Å². The van der Waals surface area contributed by atoms with E-state index in [0.29, 0.717) is 6.04 Å². The van der Waals surface area contributed by atoms with E-state index in [1.165, 1.54) is 12.8 Å². The molecule has 1 aromatic carbocycles. The standard InChI is InChI=1S/C13H18BrNO2/c1-16-8-12(9-3-4-9)15-10-5-6-13(17-2)11(14)7-10/h5-7,9,12,15H,3-4,8H2,1-2H3. The summed E-state index contributed by atoms with van der Waals surface area (Å²) in [5, 5.41) is 3.52. The summed E-state index contributed by atoms with van der Waals surface area (Å²) in [5.74, 6) is 1.61. The Morgan fingerprint density at radius 3 is 2.71 bits per heavy atom. The van der Waals surface area contributed by atoms with Crippen LogP contribution in [0.1, 0.15) is 12.8 Å². The van der Waals surface area contributed by atoms with Gasteiger partial charge in [0.05, 0.1) is 24.2 Å². The largest absolute Gasteiger partial charge is 0.496 e. The minimum atomic E-state index is 0.417. The van der Waals surface area contributed by atoms with Gasteiger partial charge in [-0.1, -0.05) is 0 Å². The van der Waals surface area contributed by atoms with Gasteiger partial charge in [0.15, 0.2) is 0 Å². The lowest BCUT2D eigenvalue weighted by molar-refractivity contribution is 0.179. The molecule has 1 saturated carbocycles. The molecule has 0 heterocycles. The average molecular weight is 300 g/mol. The van der Waals surface area contributed by atoms with E-state index >= 15 is 0 Å². The van der Waals surface area contributed by atoms with Crippen LogP contribution in [-0.4, -0.2) is 26.9 Å². The molecule has 1 fully saturated rings. The Morgan fingerprint density at radius 1 is 1.41 bits per heavy atom. The molecule has 1 atom stereocenters. The lowest BCUT2D eigenvalue weighted by atomic mass is 10.2. The molecule has 2 rings (SSSR count). The third-order valence-corrected chi connectivity index (χ3v) is 3.66. The summed E-state index contributed by atoms with van der Waals surface area (Å²) in [5.41, 5.74) is 1.10. The number of methoxy groups -OCH3 is 2. The summed E-state index contributed by atoms with van der Waals surface area (Å²) in [4.78, 5) is 0. The van der Waals surface area contributed by atoms with Crippen LogP contribution < -0.4 is 10.1 Å². The maximum Gasteiger partial charge on any atom is 0.133 e. The Labute approximate surface area is 111 Å². The molecular formula is C13H18BrNO2. The van der Waals surface area contributed by atoms with E-state index in [9.17, 15) is 0 Å². The van der Waals surface area contributed by atoms with Crippen LogP contribution in [0.25, 0.3) is 0 Å². The summed E-state index contributed by atoms with van der Waals surface area (Å²) < 4.78 is 11.4. The molecule has 1 aromatic rings. The number of ether oxygens (including phenoxy) is 2. The maximum absolute atomic E-state index is 5.25. The third-order valence-electron chi connectivity index (χ3n) is 3.04. The molecule has 17 heavy (non-hydrogen) atoms. The van der Waals surface area contributed by atoms with E-state index in [1.807, 2.05) is 18.2 Å². The van der Waals surface area contributed by atoms with Crippen LogP contribution in [0.3, 0.4) is 0 Å². The normalized spacial score (nSPS) is 16.6. The van der Waals surface area contributed by atoms with E-state index in [1.54, 1.807) is 14.2 Å². The number of nitrogens with one attached hydrogen (secondary N) is 1. The lowest BCUT2D eigenvalue weighted by Gasteiger charge is -2.19. The highest BCUT2D eigenvalue weighted by molar-refractivity contribution is 9.10. The molecule has 0 bridgehead atoms. The number of hydrogen-bond donors (Lipinski definition) is 1. The van der Waals surface area contributed by atoms with Gasteiger partial charge in [-0.2, -0.15) is 0 Å². The third kappa shape index (κ3) is 3.36. The van der Waals surface area contributed by atoms with Crippen LogP contribution in [0, 0.1) is 5.92 Å². The van der Waals surface area contributed by atoms with Crippen molar-refractivity contribution in [3.05, 3.63) is 22.7 Å². The minimum absolute atomic E-state index is 0.417. The van der Waals surface area contributed by atoms with Crippen LogP contribution in [0.5, 0.6) is 5.75 Å². The number of benzene rings is 1. The predicted octanol–water partition coefficient (Wildman–Crippen LogP) is 3.29. The minimum Gasteiger partial charge on any atom is -0.496 e. The van der Waals surface area contributed by atoms with Gasteiger partial charge >= 0.3 is 0 Å². The van der Waals surface area contributed by atoms with Gasteiger partial charge in [0.1, 0.15) is 5.75 Å². The number of halogens is 1. The second-order valence-electron chi connectivity index (χ2n) is 4.39. The SMILES string of the molecule is COCC(Nc1ccc(OC)c(Br)c1)C1CC1. The maximum atomic E-state index is 5.25. The quantitative estimate of drug-likeness (QED) is 0.874. The molecule has 1 unspecified atom stereocenters. The van der Waals surface area contributed by atoms with Gasteiger partial charge in [-0.05, 0) is 52.9 Å². The van der Waals surface area contributed by atoms with Crippen LogP contribution in [0.15, 0.2) is 22.7 Å². The van der Waals surface area contributed by atoms with Gasteiger partial charge in [-0.25, -0.2) is 0 Å². The fourth-order valence-corrected chi connectivity index (χ4v) is 2.48. The molecule has 0 radical (unpaired) electrons. The van der Waals surface area contributed by atoms with Crippen LogP contribution in [-0.2, 0) is 4.74 Å². The second kappa shape index (κ2) is 5.74. The smallest absolute Gasteiger partial charge is 0.133 e. The first-order valence-electron chi connectivity index (χ1n) is 5.83. The Bertz CT molecular complexity index is 380. The molecule has 4 heteroatoms. The first-order chi connectivity index (χ1) is 8.24. The van der Waals surface area contributed by atoms with Crippen molar-refractivity contribution in [2.24, 2.45) is 5.92 Å². The zero-order valence-electron chi connectivity index (χ0n) is 10.2. The van der Waals surface area contributed by atoms with E-state index < -0.39 is 0 Å². The highest BCUT2D eigenvalue weighted by atomic mass is 79.9.